The van der Waals surface area contributed by atoms with E-state index in [0.717, 1.165) is 11.3 Å². The molecule has 20 heavy (non-hydrogen) atoms. The van der Waals surface area contributed by atoms with Crippen LogP contribution in [0.15, 0.2) is 36.0 Å². The number of piperidine rings is 1. The van der Waals surface area contributed by atoms with Gasteiger partial charge >= 0.3 is 0 Å². The number of non-ortho nitro benzene ring substituents is 1. The highest BCUT2D eigenvalue weighted by molar-refractivity contribution is 5.97. The Bertz CT molecular complexity index is 549. The molecule has 0 saturated carbocycles. The summed E-state index contributed by atoms with van der Waals surface area (Å²) in [7, 11) is 3.76. The van der Waals surface area contributed by atoms with Gasteiger partial charge in [0.05, 0.1) is 4.92 Å². The standard InChI is InChI=1S/C14H17N3O3/c1-15(2)9-11-10-16(8-7-14(11)18)12-3-5-13(6-4-12)17(19)20/h3-6,9H,7-8,10H2,1-2H3/b11-9-. The molecule has 1 aromatic rings. The first kappa shape index (κ1) is 14.0. The van der Waals surface area contributed by atoms with E-state index >= 15 is 0 Å². The third kappa shape index (κ3) is 3.14. The van der Waals surface area contributed by atoms with Gasteiger partial charge in [0.25, 0.3) is 5.69 Å². The zero-order valence-electron chi connectivity index (χ0n) is 11.6. The fourth-order valence-electron chi connectivity index (χ4n) is 2.20. The Morgan fingerprint density at radius 3 is 2.50 bits per heavy atom. The lowest BCUT2D eigenvalue weighted by Gasteiger charge is -2.30. The number of carbonyl (C=O) groups excluding carboxylic acids is 1. The van der Waals surface area contributed by atoms with Crippen LogP contribution in [0.4, 0.5) is 11.4 Å². The number of nitrogens with zero attached hydrogens (tertiary/aromatic N) is 3. The molecule has 0 unspecified atom stereocenters. The van der Waals surface area contributed by atoms with Gasteiger partial charge in [0, 0.05) is 63.2 Å². The Hall–Kier alpha value is -2.37. The SMILES string of the molecule is CN(C)/C=C1/CN(c2ccc([N+](=O)[O-])cc2)CCC1=O. The maximum absolute atomic E-state index is 11.8. The molecule has 0 aliphatic carbocycles. The van der Waals surface area contributed by atoms with Gasteiger partial charge < -0.3 is 9.80 Å². The van der Waals surface area contributed by atoms with Gasteiger partial charge in [-0.2, -0.15) is 0 Å². The van der Waals surface area contributed by atoms with Crippen LogP contribution in [0.2, 0.25) is 0 Å². The van der Waals surface area contributed by atoms with Gasteiger partial charge in [0.2, 0.25) is 0 Å². The maximum Gasteiger partial charge on any atom is 0.269 e. The summed E-state index contributed by atoms with van der Waals surface area (Å²) < 4.78 is 0. The lowest BCUT2D eigenvalue weighted by Crippen LogP contribution is -2.36. The predicted molar refractivity (Wildman–Crippen MR) is 76.7 cm³/mol. The third-order valence-corrected chi connectivity index (χ3v) is 3.17. The first-order chi connectivity index (χ1) is 9.47. The van der Waals surface area contributed by atoms with Gasteiger partial charge in [0.15, 0.2) is 5.78 Å². The summed E-state index contributed by atoms with van der Waals surface area (Å²) in [5, 5.41) is 10.6. The van der Waals surface area contributed by atoms with E-state index in [1.54, 1.807) is 12.1 Å². The Morgan fingerprint density at radius 1 is 1.30 bits per heavy atom. The van der Waals surface area contributed by atoms with Crippen molar-refractivity contribution in [3.63, 3.8) is 0 Å². The van der Waals surface area contributed by atoms with Crippen LogP contribution < -0.4 is 4.90 Å². The number of nitro groups is 1. The molecule has 0 amide bonds. The quantitative estimate of drug-likeness (QED) is 0.478. The number of Topliss-reactive ketones (excluding diaryl/α,β-unsaturated/α-hetero) is 1. The van der Waals surface area contributed by atoms with Crippen LogP contribution in [-0.4, -0.2) is 42.8 Å². The molecule has 0 N–H and O–H groups in total. The van der Waals surface area contributed by atoms with Crippen LogP contribution >= 0.6 is 0 Å². The second kappa shape index (κ2) is 5.73. The van der Waals surface area contributed by atoms with Crippen molar-refractivity contribution in [2.45, 2.75) is 6.42 Å². The lowest BCUT2D eigenvalue weighted by molar-refractivity contribution is -0.384. The van der Waals surface area contributed by atoms with Crippen molar-refractivity contribution in [3.8, 4) is 0 Å². The van der Waals surface area contributed by atoms with E-state index < -0.39 is 4.92 Å². The van der Waals surface area contributed by atoms with E-state index in [1.807, 2.05) is 25.2 Å². The highest BCUT2D eigenvalue weighted by Gasteiger charge is 2.22. The summed E-state index contributed by atoms with van der Waals surface area (Å²) >= 11 is 0. The Balaban J connectivity index is 2.17. The smallest absolute Gasteiger partial charge is 0.269 e. The van der Waals surface area contributed by atoms with Crippen molar-refractivity contribution in [1.82, 2.24) is 4.90 Å². The normalized spacial score (nSPS) is 17.4. The van der Waals surface area contributed by atoms with Gasteiger partial charge in [-0.1, -0.05) is 0 Å². The first-order valence-electron chi connectivity index (χ1n) is 6.37. The number of anilines is 1. The molecule has 1 aliphatic rings. The highest BCUT2D eigenvalue weighted by atomic mass is 16.6. The van der Waals surface area contributed by atoms with Crippen molar-refractivity contribution in [3.05, 3.63) is 46.2 Å². The van der Waals surface area contributed by atoms with Gasteiger partial charge in [-0.25, -0.2) is 0 Å². The topological polar surface area (TPSA) is 66.7 Å². The van der Waals surface area contributed by atoms with Gasteiger partial charge in [-0.15, -0.1) is 0 Å². The third-order valence-electron chi connectivity index (χ3n) is 3.17. The van der Waals surface area contributed by atoms with Crippen molar-refractivity contribution in [2.24, 2.45) is 0 Å². The zero-order valence-corrected chi connectivity index (χ0v) is 11.6. The first-order valence-corrected chi connectivity index (χ1v) is 6.37. The molecule has 1 heterocycles. The summed E-state index contributed by atoms with van der Waals surface area (Å²) in [4.78, 5) is 26.0. The number of carbonyl (C=O) groups is 1. The van der Waals surface area contributed by atoms with E-state index in [1.165, 1.54) is 12.1 Å². The monoisotopic (exact) mass is 275 g/mol. The second-order valence-electron chi connectivity index (χ2n) is 4.99. The van der Waals surface area contributed by atoms with Crippen LogP contribution in [0, 0.1) is 10.1 Å². The molecule has 0 aromatic heterocycles. The van der Waals surface area contributed by atoms with Crippen molar-refractivity contribution < 1.29 is 9.72 Å². The van der Waals surface area contributed by atoms with Crippen LogP contribution in [0.25, 0.3) is 0 Å². The molecule has 1 aromatic carbocycles. The summed E-state index contributed by atoms with van der Waals surface area (Å²) in [6, 6.07) is 6.42. The maximum atomic E-state index is 11.8. The summed E-state index contributed by atoms with van der Waals surface area (Å²) in [5.74, 6) is 0.164. The van der Waals surface area contributed by atoms with E-state index in [-0.39, 0.29) is 11.5 Å². The van der Waals surface area contributed by atoms with E-state index in [2.05, 4.69) is 4.90 Å². The average molecular weight is 275 g/mol. The molecule has 0 atom stereocenters. The minimum atomic E-state index is -0.416. The Labute approximate surface area is 117 Å². The minimum Gasteiger partial charge on any atom is -0.383 e. The molecule has 1 saturated heterocycles. The number of rotatable bonds is 3. The van der Waals surface area contributed by atoms with Crippen LogP contribution in [0.1, 0.15) is 6.42 Å². The van der Waals surface area contributed by atoms with Crippen molar-refractivity contribution in [1.29, 1.82) is 0 Å². The van der Waals surface area contributed by atoms with Crippen LogP contribution in [0.5, 0.6) is 0 Å². The van der Waals surface area contributed by atoms with Gasteiger partial charge in [-0.05, 0) is 12.1 Å². The zero-order chi connectivity index (χ0) is 14.7. The molecular weight excluding hydrogens is 258 g/mol. The molecule has 1 aliphatic heterocycles. The molecule has 0 bridgehead atoms. The number of hydrogen-bond acceptors (Lipinski definition) is 5. The predicted octanol–water partition coefficient (Wildman–Crippen LogP) is 1.82. The minimum absolute atomic E-state index is 0.0749. The number of nitro benzene ring substituents is 1. The molecule has 0 radical (unpaired) electrons. The molecular formula is C14H17N3O3. The molecule has 6 heteroatoms. The molecule has 106 valence electrons. The fourth-order valence-corrected chi connectivity index (χ4v) is 2.20. The Kier molecular flexibility index (Phi) is 4.02. The van der Waals surface area contributed by atoms with E-state index in [0.29, 0.717) is 19.5 Å². The van der Waals surface area contributed by atoms with Gasteiger partial charge in [-0.3, -0.25) is 14.9 Å². The number of benzene rings is 1. The van der Waals surface area contributed by atoms with Crippen LogP contribution in [0.3, 0.4) is 0 Å². The molecule has 1 fully saturated rings. The highest BCUT2D eigenvalue weighted by Crippen LogP contribution is 2.23. The van der Waals surface area contributed by atoms with Crippen LogP contribution in [-0.2, 0) is 4.79 Å². The fraction of sp³-hybridized carbons (Fsp3) is 0.357. The summed E-state index contributed by atoms with van der Waals surface area (Å²) in [6.45, 7) is 1.18. The van der Waals surface area contributed by atoms with E-state index in [4.69, 9.17) is 0 Å². The van der Waals surface area contributed by atoms with Gasteiger partial charge in [0.1, 0.15) is 0 Å². The summed E-state index contributed by atoms with van der Waals surface area (Å²) in [5.41, 5.74) is 1.73. The lowest BCUT2D eigenvalue weighted by atomic mass is 10.0. The van der Waals surface area contributed by atoms with Crippen molar-refractivity contribution in [2.75, 3.05) is 32.1 Å². The summed E-state index contributed by atoms with van der Waals surface area (Å²) in [6.07, 6.45) is 2.30. The molecule has 0 spiro atoms. The van der Waals surface area contributed by atoms with E-state index in [9.17, 15) is 14.9 Å². The van der Waals surface area contributed by atoms with Crippen molar-refractivity contribution >= 4 is 17.2 Å². The largest absolute Gasteiger partial charge is 0.383 e. The molecule has 2 rings (SSSR count). The average Bonchev–Trinajstić information content (AvgIpc) is 2.41. The second-order valence-corrected chi connectivity index (χ2v) is 4.99. The molecule has 6 nitrogen and oxygen atoms in total. The number of hydrogen-bond donors (Lipinski definition) is 0. The Morgan fingerprint density at radius 2 is 1.95 bits per heavy atom. The number of ketones is 1.